The number of nitrogens with zero attached hydrogens (tertiary/aromatic N) is 1. The molecular weight excluding hydrogens is 255 g/mol. The van der Waals surface area contributed by atoms with E-state index in [1.807, 2.05) is 6.07 Å². The second-order valence-corrected chi connectivity index (χ2v) is 5.72. The molecule has 0 saturated carbocycles. The molecule has 2 saturated heterocycles. The van der Waals surface area contributed by atoms with Crippen LogP contribution >= 0.6 is 0 Å². The lowest BCUT2D eigenvalue weighted by molar-refractivity contribution is 0.122. The van der Waals surface area contributed by atoms with Crippen LogP contribution in [0.2, 0.25) is 0 Å². The summed E-state index contributed by atoms with van der Waals surface area (Å²) in [7, 11) is 0. The van der Waals surface area contributed by atoms with Gasteiger partial charge in [0, 0.05) is 24.8 Å². The Balaban J connectivity index is 1.77. The minimum atomic E-state index is -0.132. The van der Waals surface area contributed by atoms with Crippen LogP contribution in [-0.4, -0.2) is 38.9 Å². The number of piperidine rings is 1. The average molecular weight is 278 g/mol. The van der Waals surface area contributed by atoms with Crippen molar-refractivity contribution in [3.8, 4) is 0 Å². The van der Waals surface area contributed by atoms with Crippen LogP contribution in [-0.2, 0) is 11.2 Å². The molecule has 0 aliphatic carbocycles. The summed E-state index contributed by atoms with van der Waals surface area (Å²) < 4.78 is 19.0. The molecule has 110 valence electrons. The third kappa shape index (κ3) is 3.30. The summed E-state index contributed by atoms with van der Waals surface area (Å²) in [5, 5.41) is 3.55. The molecule has 0 radical (unpaired) electrons. The van der Waals surface area contributed by atoms with Crippen LogP contribution in [0.1, 0.15) is 24.8 Å². The molecule has 1 atom stereocenters. The quantitative estimate of drug-likeness (QED) is 0.918. The van der Waals surface area contributed by atoms with Gasteiger partial charge in [0.25, 0.3) is 0 Å². The Labute approximate surface area is 120 Å². The summed E-state index contributed by atoms with van der Waals surface area (Å²) in [4.78, 5) is 2.32. The first-order chi connectivity index (χ1) is 9.83. The molecule has 20 heavy (non-hydrogen) atoms. The predicted molar refractivity (Wildman–Crippen MR) is 78.8 cm³/mol. The highest BCUT2D eigenvalue weighted by molar-refractivity contribution is 5.54. The number of morpholine rings is 1. The Morgan fingerprint density at radius 1 is 1.25 bits per heavy atom. The van der Waals surface area contributed by atoms with E-state index in [0.29, 0.717) is 6.04 Å². The molecule has 1 aromatic rings. The minimum absolute atomic E-state index is 0.132. The van der Waals surface area contributed by atoms with Crippen LogP contribution in [0.3, 0.4) is 0 Å². The second-order valence-electron chi connectivity index (χ2n) is 5.72. The average Bonchev–Trinajstić information content (AvgIpc) is 2.49. The molecule has 1 aromatic carbocycles. The third-order valence-corrected chi connectivity index (χ3v) is 4.27. The van der Waals surface area contributed by atoms with Crippen LogP contribution in [0.15, 0.2) is 18.2 Å². The van der Waals surface area contributed by atoms with E-state index in [1.54, 1.807) is 12.1 Å². The van der Waals surface area contributed by atoms with Gasteiger partial charge in [-0.2, -0.15) is 0 Å². The largest absolute Gasteiger partial charge is 0.378 e. The van der Waals surface area contributed by atoms with E-state index in [1.165, 1.54) is 24.9 Å². The lowest BCUT2D eigenvalue weighted by atomic mass is 9.96. The first-order valence-electron chi connectivity index (χ1n) is 7.67. The van der Waals surface area contributed by atoms with Gasteiger partial charge in [0.1, 0.15) is 5.82 Å². The number of ether oxygens (including phenoxy) is 1. The highest BCUT2D eigenvalue weighted by Crippen LogP contribution is 2.25. The topological polar surface area (TPSA) is 24.5 Å². The van der Waals surface area contributed by atoms with Crippen molar-refractivity contribution in [2.75, 3.05) is 37.7 Å². The zero-order valence-electron chi connectivity index (χ0n) is 11.9. The molecule has 1 unspecified atom stereocenters. The molecule has 2 heterocycles. The van der Waals surface area contributed by atoms with Crippen molar-refractivity contribution in [3.05, 3.63) is 29.6 Å². The number of hydrogen-bond acceptors (Lipinski definition) is 3. The van der Waals surface area contributed by atoms with Crippen molar-refractivity contribution in [1.82, 2.24) is 5.32 Å². The van der Waals surface area contributed by atoms with E-state index < -0.39 is 0 Å². The van der Waals surface area contributed by atoms with E-state index >= 15 is 0 Å². The number of benzene rings is 1. The van der Waals surface area contributed by atoms with Crippen molar-refractivity contribution in [3.63, 3.8) is 0 Å². The Morgan fingerprint density at radius 2 is 2.10 bits per heavy atom. The minimum Gasteiger partial charge on any atom is -0.378 e. The number of halogens is 1. The maximum absolute atomic E-state index is 13.6. The maximum Gasteiger partial charge on any atom is 0.123 e. The van der Waals surface area contributed by atoms with Gasteiger partial charge in [-0.3, -0.25) is 0 Å². The van der Waals surface area contributed by atoms with Gasteiger partial charge in [0.2, 0.25) is 0 Å². The second kappa shape index (κ2) is 6.55. The third-order valence-electron chi connectivity index (χ3n) is 4.27. The molecule has 2 aliphatic heterocycles. The summed E-state index contributed by atoms with van der Waals surface area (Å²) in [5.41, 5.74) is 2.31. The van der Waals surface area contributed by atoms with Crippen molar-refractivity contribution in [2.45, 2.75) is 31.7 Å². The van der Waals surface area contributed by atoms with Gasteiger partial charge in [-0.25, -0.2) is 4.39 Å². The van der Waals surface area contributed by atoms with E-state index in [-0.39, 0.29) is 5.82 Å². The van der Waals surface area contributed by atoms with Gasteiger partial charge in [0.05, 0.1) is 13.2 Å². The van der Waals surface area contributed by atoms with Crippen LogP contribution in [0, 0.1) is 5.82 Å². The zero-order valence-corrected chi connectivity index (χ0v) is 11.9. The molecule has 0 bridgehead atoms. The first-order valence-corrected chi connectivity index (χ1v) is 7.67. The molecule has 2 aliphatic rings. The lowest BCUT2D eigenvalue weighted by Crippen LogP contribution is -2.38. The van der Waals surface area contributed by atoms with Crippen LogP contribution < -0.4 is 10.2 Å². The van der Waals surface area contributed by atoms with E-state index in [4.69, 9.17) is 4.74 Å². The van der Waals surface area contributed by atoms with Gasteiger partial charge in [-0.05, 0) is 49.6 Å². The summed E-state index contributed by atoms with van der Waals surface area (Å²) in [5.74, 6) is -0.132. The summed E-state index contributed by atoms with van der Waals surface area (Å²) in [6.45, 7) is 4.41. The number of rotatable bonds is 3. The van der Waals surface area contributed by atoms with E-state index in [0.717, 1.165) is 44.8 Å². The van der Waals surface area contributed by atoms with Crippen molar-refractivity contribution < 1.29 is 9.13 Å². The monoisotopic (exact) mass is 278 g/mol. The van der Waals surface area contributed by atoms with Gasteiger partial charge < -0.3 is 15.0 Å². The summed E-state index contributed by atoms with van der Waals surface area (Å²) in [6, 6.07) is 5.70. The van der Waals surface area contributed by atoms with Gasteiger partial charge >= 0.3 is 0 Å². The fourth-order valence-electron chi connectivity index (χ4n) is 3.19. The Morgan fingerprint density at radius 3 is 2.85 bits per heavy atom. The Bertz CT molecular complexity index is 440. The summed E-state index contributed by atoms with van der Waals surface area (Å²) >= 11 is 0. The molecule has 3 rings (SSSR count). The van der Waals surface area contributed by atoms with Crippen molar-refractivity contribution in [1.29, 1.82) is 0 Å². The van der Waals surface area contributed by atoms with Crippen LogP contribution in [0.4, 0.5) is 10.1 Å². The maximum atomic E-state index is 13.6. The lowest BCUT2D eigenvalue weighted by Gasteiger charge is -2.32. The fourth-order valence-corrected chi connectivity index (χ4v) is 3.19. The van der Waals surface area contributed by atoms with Gasteiger partial charge in [0.15, 0.2) is 0 Å². The fraction of sp³-hybridized carbons (Fsp3) is 0.625. The van der Waals surface area contributed by atoms with Gasteiger partial charge in [-0.15, -0.1) is 0 Å². The van der Waals surface area contributed by atoms with Gasteiger partial charge in [-0.1, -0.05) is 6.42 Å². The van der Waals surface area contributed by atoms with Crippen molar-refractivity contribution >= 4 is 5.69 Å². The SMILES string of the molecule is Fc1ccc(N2CCOCC2)c(CC2CCCCN2)c1. The molecule has 1 N–H and O–H groups in total. The highest BCUT2D eigenvalue weighted by atomic mass is 19.1. The molecule has 3 nitrogen and oxygen atoms in total. The molecule has 0 spiro atoms. The smallest absolute Gasteiger partial charge is 0.123 e. The van der Waals surface area contributed by atoms with Crippen LogP contribution in [0.25, 0.3) is 0 Å². The summed E-state index contributed by atoms with van der Waals surface area (Å²) in [6.07, 6.45) is 4.65. The molecule has 0 amide bonds. The van der Waals surface area contributed by atoms with E-state index in [2.05, 4.69) is 10.2 Å². The van der Waals surface area contributed by atoms with E-state index in [9.17, 15) is 4.39 Å². The normalized spacial score (nSPS) is 23.9. The Hall–Kier alpha value is -1.13. The standard InChI is InChI=1S/C16H23FN2O/c17-14-4-5-16(19-7-9-20-10-8-19)13(11-14)12-15-3-1-2-6-18-15/h4-5,11,15,18H,1-3,6-10,12H2. The molecule has 4 heteroatoms. The molecule has 2 fully saturated rings. The number of hydrogen-bond donors (Lipinski definition) is 1. The molecule has 0 aromatic heterocycles. The Kier molecular flexibility index (Phi) is 4.53. The predicted octanol–water partition coefficient (Wildman–Crippen LogP) is 2.35. The zero-order chi connectivity index (χ0) is 13.8. The van der Waals surface area contributed by atoms with Crippen molar-refractivity contribution in [2.24, 2.45) is 0 Å². The highest BCUT2D eigenvalue weighted by Gasteiger charge is 2.19. The molecular formula is C16H23FN2O. The number of anilines is 1. The number of nitrogens with one attached hydrogen (secondary N) is 1. The first kappa shape index (κ1) is 13.8. The van der Waals surface area contributed by atoms with Crippen LogP contribution in [0.5, 0.6) is 0 Å².